The molecule has 2 atom stereocenters. The lowest BCUT2D eigenvalue weighted by Gasteiger charge is -2.17. The third-order valence-electron chi connectivity index (χ3n) is 4.90. The normalized spacial score (nSPS) is 18.8. The summed E-state index contributed by atoms with van der Waals surface area (Å²) in [6.45, 7) is 4.28. The van der Waals surface area contributed by atoms with Crippen LogP contribution in [0.15, 0.2) is 22.7 Å². The number of benzene rings is 1. The highest BCUT2D eigenvalue weighted by Crippen LogP contribution is 2.52. The van der Waals surface area contributed by atoms with Gasteiger partial charge < -0.3 is 18.9 Å². The van der Waals surface area contributed by atoms with E-state index in [1.54, 1.807) is 19.1 Å². The van der Waals surface area contributed by atoms with Gasteiger partial charge in [0.15, 0.2) is 0 Å². The predicted octanol–water partition coefficient (Wildman–Crippen LogP) is 3.07. The number of hydrogen-bond donors (Lipinski definition) is 0. The Kier molecular flexibility index (Phi) is 4.70. The molecule has 0 bridgehead atoms. The topological polar surface area (TPSA) is 64.8 Å². The van der Waals surface area contributed by atoms with Gasteiger partial charge in [-0.15, -0.1) is 0 Å². The van der Waals surface area contributed by atoms with E-state index in [1.807, 2.05) is 39.1 Å². The molecule has 134 valence electrons. The van der Waals surface area contributed by atoms with E-state index in [9.17, 15) is 4.79 Å². The summed E-state index contributed by atoms with van der Waals surface area (Å²) in [6, 6.07) is 5.72. The molecule has 1 aromatic carbocycles. The van der Waals surface area contributed by atoms with Crippen molar-refractivity contribution in [3.63, 3.8) is 0 Å². The lowest BCUT2D eigenvalue weighted by molar-refractivity contribution is -0.131. The van der Waals surface area contributed by atoms with E-state index in [0.29, 0.717) is 6.54 Å². The van der Waals surface area contributed by atoms with Gasteiger partial charge in [0, 0.05) is 30.0 Å². The van der Waals surface area contributed by atoms with Crippen molar-refractivity contribution in [1.29, 1.82) is 0 Å². The Morgan fingerprint density at radius 3 is 2.68 bits per heavy atom. The fraction of sp³-hybridized carbons (Fsp3) is 0.474. The average molecular weight is 344 g/mol. The molecule has 1 saturated carbocycles. The van der Waals surface area contributed by atoms with Crippen molar-refractivity contribution in [3.05, 3.63) is 40.8 Å². The molecule has 6 heteroatoms. The van der Waals surface area contributed by atoms with E-state index in [-0.39, 0.29) is 17.7 Å². The van der Waals surface area contributed by atoms with E-state index < -0.39 is 0 Å². The zero-order chi connectivity index (χ0) is 18.1. The van der Waals surface area contributed by atoms with Crippen LogP contribution in [0.5, 0.6) is 11.5 Å². The summed E-state index contributed by atoms with van der Waals surface area (Å²) in [6.07, 6.45) is 0.828. The molecule has 0 N–H and O–H groups in total. The Morgan fingerprint density at radius 1 is 1.32 bits per heavy atom. The SMILES string of the molecule is COc1ccc(OC)c([C@@H]2C[C@H]2C(=O)N(C)Cc2c(C)noc2C)c1. The van der Waals surface area contributed by atoms with Gasteiger partial charge in [-0.05, 0) is 38.5 Å². The highest BCUT2D eigenvalue weighted by atomic mass is 16.5. The molecule has 2 aromatic rings. The Balaban J connectivity index is 1.72. The minimum atomic E-state index is -0.0218. The minimum absolute atomic E-state index is 0.0218. The van der Waals surface area contributed by atoms with Gasteiger partial charge in [-0.3, -0.25) is 4.79 Å². The zero-order valence-corrected chi connectivity index (χ0v) is 15.3. The average Bonchev–Trinajstić information content (AvgIpc) is 3.36. The predicted molar refractivity (Wildman–Crippen MR) is 92.8 cm³/mol. The molecular formula is C19H24N2O4. The lowest BCUT2D eigenvalue weighted by atomic mass is 10.1. The van der Waals surface area contributed by atoms with Crippen LogP contribution in [0.2, 0.25) is 0 Å². The molecule has 1 aromatic heterocycles. The molecule has 6 nitrogen and oxygen atoms in total. The van der Waals surface area contributed by atoms with Gasteiger partial charge in [0.1, 0.15) is 17.3 Å². The third kappa shape index (κ3) is 3.34. The molecular weight excluding hydrogens is 320 g/mol. The molecule has 25 heavy (non-hydrogen) atoms. The first-order valence-electron chi connectivity index (χ1n) is 8.34. The minimum Gasteiger partial charge on any atom is -0.497 e. The monoisotopic (exact) mass is 344 g/mol. The van der Waals surface area contributed by atoms with Crippen molar-refractivity contribution in [2.75, 3.05) is 21.3 Å². The Morgan fingerprint density at radius 2 is 2.08 bits per heavy atom. The molecule has 0 spiro atoms. The van der Waals surface area contributed by atoms with Crippen molar-refractivity contribution in [1.82, 2.24) is 10.1 Å². The van der Waals surface area contributed by atoms with Crippen molar-refractivity contribution >= 4 is 5.91 Å². The summed E-state index contributed by atoms with van der Waals surface area (Å²) in [5.41, 5.74) is 2.84. The van der Waals surface area contributed by atoms with Gasteiger partial charge in [-0.25, -0.2) is 0 Å². The maximum Gasteiger partial charge on any atom is 0.226 e. The van der Waals surface area contributed by atoms with Crippen LogP contribution in [0.3, 0.4) is 0 Å². The van der Waals surface area contributed by atoms with Crippen molar-refractivity contribution < 1.29 is 18.8 Å². The number of carbonyl (C=O) groups excluding carboxylic acids is 1. The first-order valence-corrected chi connectivity index (χ1v) is 8.34. The van der Waals surface area contributed by atoms with Crippen LogP contribution in [-0.2, 0) is 11.3 Å². The highest BCUT2D eigenvalue weighted by molar-refractivity contribution is 5.83. The number of hydrogen-bond acceptors (Lipinski definition) is 5. The van der Waals surface area contributed by atoms with E-state index in [2.05, 4.69) is 5.16 Å². The number of aryl methyl sites for hydroxylation is 2. The van der Waals surface area contributed by atoms with Crippen LogP contribution >= 0.6 is 0 Å². The fourth-order valence-corrected chi connectivity index (χ4v) is 3.27. The van der Waals surface area contributed by atoms with Crippen LogP contribution in [0.1, 0.15) is 34.9 Å². The van der Waals surface area contributed by atoms with Gasteiger partial charge in [-0.2, -0.15) is 0 Å². The van der Waals surface area contributed by atoms with E-state index in [1.165, 1.54) is 0 Å². The van der Waals surface area contributed by atoms with Gasteiger partial charge in [-0.1, -0.05) is 5.16 Å². The molecule has 1 fully saturated rings. The molecule has 0 unspecified atom stereocenters. The van der Waals surface area contributed by atoms with Crippen LogP contribution in [0.25, 0.3) is 0 Å². The number of amides is 1. The summed E-state index contributed by atoms with van der Waals surface area (Å²) in [5.74, 6) is 2.62. The Hall–Kier alpha value is -2.50. The number of aromatic nitrogens is 1. The first kappa shape index (κ1) is 17.3. The van der Waals surface area contributed by atoms with E-state index in [0.717, 1.165) is 40.5 Å². The zero-order valence-electron chi connectivity index (χ0n) is 15.3. The Bertz CT molecular complexity index is 764. The Labute approximate surface area is 147 Å². The van der Waals surface area contributed by atoms with Crippen molar-refractivity contribution in [2.24, 2.45) is 5.92 Å². The molecule has 0 radical (unpaired) electrons. The van der Waals surface area contributed by atoms with Crippen molar-refractivity contribution in [3.8, 4) is 11.5 Å². The summed E-state index contributed by atoms with van der Waals surface area (Å²) < 4.78 is 15.9. The number of carbonyl (C=O) groups is 1. The second-order valence-corrected chi connectivity index (χ2v) is 6.55. The van der Waals surface area contributed by atoms with Crippen LogP contribution in [-0.4, -0.2) is 37.2 Å². The summed E-state index contributed by atoms with van der Waals surface area (Å²) in [7, 11) is 5.11. The lowest BCUT2D eigenvalue weighted by Crippen LogP contribution is -2.28. The molecule has 1 amide bonds. The molecule has 1 heterocycles. The third-order valence-corrected chi connectivity index (χ3v) is 4.90. The summed E-state index contributed by atoms with van der Waals surface area (Å²) >= 11 is 0. The fourth-order valence-electron chi connectivity index (χ4n) is 3.27. The molecule has 3 rings (SSSR count). The maximum atomic E-state index is 12.8. The van der Waals surface area contributed by atoms with Gasteiger partial charge in [0.2, 0.25) is 5.91 Å². The largest absolute Gasteiger partial charge is 0.497 e. The van der Waals surface area contributed by atoms with E-state index in [4.69, 9.17) is 14.0 Å². The maximum absolute atomic E-state index is 12.8. The summed E-state index contributed by atoms with van der Waals surface area (Å²) in [4.78, 5) is 14.5. The van der Waals surface area contributed by atoms with Crippen LogP contribution < -0.4 is 9.47 Å². The number of nitrogens with zero attached hydrogens (tertiary/aromatic N) is 2. The van der Waals surface area contributed by atoms with Crippen LogP contribution in [0.4, 0.5) is 0 Å². The number of methoxy groups -OCH3 is 2. The van der Waals surface area contributed by atoms with Gasteiger partial charge >= 0.3 is 0 Å². The number of rotatable bonds is 6. The smallest absolute Gasteiger partial charge is 0.226 e. The quantitative estimate of drug-likeness (QED) is 0.806. The van der Waals surface area contributed by atoms with Gasteiger partial charge in [0.25, 0.3) is 0 Å². The second-order valence-electron chi connectivity index (χ2n) is 6.55. The second kappa shape index (κ2) is 6.78. The molecule has 1 aliphatic rings. The van der Waals surface area contributed by atoms with Gasteiger partial charge in [0.05, 0.1) is 26.5 Å². The van der Waals surface area contributed by atoms with Crippen LogP contribution in [0, 0.1) is 19.8 Å². The molecule has 0 aliphatic heterocycles. The number of ether oxygens (including phenoxy) is 2. The summed E-state index contributed by atoms with van der Waals surface area (Å²) in [5, 5.41) is 3.95. The highest BCUT2D eigenvalue weighted by Gasteiger charge is 2.46. The molecule has 1 aliphatic carbocycles. The standard InChI is InChI=1S/C19H24N2O4/c1-11-17(12(2)25-20-11)10-21(3)19(22)16-9-14(16)15-8-13(23-4)6-7-18(15)24-5/h6-8,14,16H,9-10H2,1-5H3/t14-,16+/m0/s1. The van der Waals surface area contributed by atoms with Crippen molar-refractivity contribution in [2.45, 2.75) is 32.7 Å². The molecule has 0 saturated heterocycles. The van der Waals surface area contributed by atoms with E-state index >= 15 is 0 Å². The first-order chi connectivity index (χ1) is 12.0.